The van der Waals surface area contributed by atoms with Gasteiger partial charge in [0.2, 0.25) is 5.91 Å². The molecule has 3 rings (SSSR count). The van der Waals surface area contributed by atoms with E-state index in [1.165, 1.54) is 0 Å². The van der Waals surface area contributed by atoms with Crippen LogP contribution in [-0.4, -0.2) is 62.3 Å². The maximum atomic E-state index is 12.7. The summed E-state index contributed by atoms with van der Waals surface area (Å²) < 4.78 is 26.6. The van der Waals surface area contributed by atoms with Crippen molar-refractivity contribution < 1.29 is 43.2 Å². The molecule has 1 unspecified atom stereocenters. The van der Waals surface area contributed by atoms with Crippen LogP contribution in [0.3, 0.4) is 0 Å². The van der Waals surface area contributed by atoms with Gasteiger partial charge in [-0.1, -0.05) is 36.4 Å². The lowest BCUT2D eigenvalue weighted by Crippen LogP contribution is -2.48. The summed E-state index contributed by atoms with van der Waals surface area (Å²) in [6, 6.07) is 18.4. The molecule has 11 heteroatoms. The second-order valence-electron chi connectivity index (χ2n) is 10.6. The van der Waals surface area contributed by atoms with E-state index in [4.69, 9.17) is 23.7 Å². The second kappa shape index (κ2) is 15.9. The van der Waals surface area contributed by atoms with Gasteiger partial charge in [0, 0.05) is 12.5 Å². The van der Waals surface area contributed by atoms with Crippen molar-refractivity contribution in [1.29, 1.82) is 0 Å². The summed E-state index contributed by atoms with van der Waals surface area (Å²) >= 11 is 0. The van der Waals surface area contributed by atoms with Crippen LogP contribution in [0.1, 0.15) is 37.5 Å². The number of benzene rings is 3. The van der Waals surface area contributed by atoms with Gasteiger partial charge in [0.05, 0.1) is 20.8 Å². The van der Waals surface area contributed by atoms with Crippen molar-refractivity contribution in [1.82, 2.24) is 10.6 Å². The first kappa shape index (κ1) is 33.3. The molecule has 0 radical (unpaired) electrons. The summed E-state index contributed by atoms with van der Waals surface area (Å²) in [4.78, 5) is 36.0. The molecule has 2 amide bonds. The fourth-order valence-electron chi connectivity index (χ4n) is 3.96. The molecule has 0 aromatic heterocycles. The highest BCUT2D eigenvalue weighted by Crippen LogP contribution is 2.24. The molecule has 3 N–H and O–H groups in total. The van der Waals surface area contributed by atoms with Gasteiger partial charge in [0.15, 0.2) is 0 Å². The standard InChI is InChI=1S/C33H38N2O9/c1-33(2,3)44-26-14-10-23(11-15-26)20-29(35-31(37)38)30(36)34-16-17-42-32(39)43-25-12-8-22(9-13-25)6-7-24-18-27(40-4)21-28(19-24)41-5/h6-15,18-19,21,29,35H,16-17,20H2,1-5H3,(H,34,36)(H,37,38)/b7-6+. The molecule has 1 atom stereocenters. The van der Waals surface area contributed by atoms with Crippen LogP contribution >= 0.6 is 0 Å². The zero-order valence-electron chi connectivity index (χ0n) is 25.4. The van der Waals surface area contributed by atoms with Crippen molar-refractivity contribution in [3.05, 3.63) is 83.4 Å². The summed E-state index contributed by atoms with van der Waals surface area (Å²) in [6.45, 7) is 5.58. The van der Waals surface area contributed by atoms with E-state index >= 15 is 0 Å². The normalized spacial score (nSPS) is 11.8. The van der Waals surface area contributed by atoms with Crippen LogP contribution in [-0.2, 0) is 16.0 Å². The number of amides is 2. The highest BCUT2D eigenvalue weighted by atomic mass is 16.7. The summed E-state index contributed by atoms with van der Waals surface area (Å²) in [5, 5.41) is 14.0. The molecule has 0 aliphatic heterocycles. The van der Waals surface area contributed by atoms with E-state index in [9.17, 15) is 19.5 Å². The molecule has 0 saturated carbocycles. The molecule has 44 heavy (non-hydrogen) atoms. The molecule has 0 fully saturated rings. The zero-order valence-corrected chi connectivity index (χ0v) is 25.4. The minimum atomic E-state index is -1.33. The van der Waals surface area contributed by atoms with Crippen LogP contribution in [0.2, 0.25) is 0 Å². The average Bonchev–Trinajstić information content (AvgIpc) is 2.98. The Balaban J connectivity index is 1.44. The van der Waals surface area contributed by atoms with Gasteiger partial charge in [-0.3, -0.25) is 4.79 Å². The molecule has 0 saturated heterocycles. The molecule has 0 aliphatic rings. The van der Waals surface area contributed by atoms with Crippen LogP contribution < -0.4 is 29.6 Å². The van der Waals surface area contributed by atoms with Crippen molar-refractivity contribution in [3.63, 3.8) is 0 Å². The van der Waals surface area contributed by atoms with Crippen LogP contribution in [0, 0.1) is 0 Å². The lowest BCUT2D eigenvalue weighted by Gasteiger charge is -2.21. The molecular weight excluding hydrogens is 568 g/mol. The number of methoxy groups -OCH3 is 2. The SMILES string of the molecule is COc1cc(/C=C/c2ccc(OC(=O)OCCNC(=O)C(Cc3ccc(OC(C)(C)C)cc3)NC(=O)O)cc2)cc(OC)c1. The fourth-order valence-corrected chi connectivity index (χ4v) is 3.96. The first-order valence-corrected chi connectivity index (χ1v) is 13.8. The molecule has 3 aromatic carbocycles. The molecule has 0 heterocycles. The molecule has 0 aliphatic carbocycles. The maximum Gasteiger partial charge on any atom is 0.513 e. The van der Waals surface area contributed by atoms with Gasteiger partial charge in [-0.25, -0.2) is 9.59 Å². The lowest BCUT2D eigenvalue weighted by molar-refractivity contribution is -0.123. The quantitative estimate of drug-likeness (QED) is 0.0986. The van der Waals surface area contributed by atoms with Crippen LogP contribution in [0.5, 0.6) is 23.0 Å². The van der Waals surface area contributed by atoms with E-state index < -0.39 is 24.2 Å². The first-order valence-electron chi connectivity index (χ1n) is 13.8. The van der Waals surface area contributed by atoms with Crippen molar-refractivity contribution in [3.8, 4) is 23.0 Å². The highest BCUT2D eigenvalue weighted by molar-refractivity contribution is 5.85. The number of nitrogens with one attached hydrogen (secondary N) is 2. The summed E-state index contributed by atoms with van der Waals surface area (Å²) in [6.07, 6.45) is 1.64. The summed E-state index contributed by atoms with van der Waals surface area (Å²) in [5.41, 5.74) is 2.14. The zero-order chi connectivity index (χ0) is 32.1. The summed E-state index contributed by atoms with van der Waals surface area (Å²) in [7, 11) is 3.17. The number of carboxylic acid groups (broad SMARTS) is 1. The van der Waals surface area contributed by atoms with Gasteiger partial charge < -0.3 is 39.4 Å². The van der Waals surface area contributed by atoms with E-state index in [1.807, 2.05) is 45.1 Å². The monoisotopic (exact) mass is 606 g/mol. The third-order valence-electron chi connectivity index (χ3n) is 5.95. The highest BCUT2D eigenvalue weighted by Gasteiger charge is 2.21. The fraction of sp³-hybridized carbons (Fsp3) is 0.303. The maximum absolute atomic E-state index is 12.7. The number of hydrogen-bond acceptors (Lipinski definition) is 8. The average molecular weight is 607 g/mol. The molecule has 234 valence electrons. The van der Waals surface area contributed by atoms with Gasteiger partial charge in [-0.15, -0.1) is 0 Å². The van der Waals surface area contributed by atoms with E-state index in [2.05, 4.69) is 10.6 Å². The predicted octanol–water partition coefficient (Wildman–Crippen LogP) is 5.56. The van der Waals surface area contributed by atoms with Gasteiger partial charge >= 0.3 is 12.2 Å². The number of rotatable bonds is 13. The Morgan fingerprint density at radius 1 is 0.818 bits per heavy atom. The minimum absolute atomic E-state index is 0.0388. The van der Waals surface area contributed by atoms with Gasteiger partial charge in [-0.05, 0) is 73.9 Å². The Bertz CT molecular complexity index is 1410. The number of ether oxygens (including phenoxy) is 5. The smallest absolute Gasteiger partial charge is 0.497 e. The lowest BCUT2D eigenvalue weighted by atomic mass is 10.0. The number of carbonyl (C=O) groups excluding carboxylic acids is 2. The first-order chi connectivity index (χ1) is 20.9. The van der Waals surface area contributed by atoms with E-state index in [-0.39, 0.29) is 30.9 Å². The van der Waals surface area contributed by atoms with Crippen LogP contribution in [0.15, 0.2) is 66.7 Å². The molecular formula is C33H38N2O9. The van der Waals surface area contributed by atoms with E-state index in [0.717, 1.165) is 16.7 Å². The van der Waals surface area contributed by atoms with E-state index in [0.29, 0.717) is 17.2 Å². The molecule has 0 spiro atoms. The predicted molar refractivity (Wildman–Crippen MR) is 165 cm³/mol. The minimum Gasteiger partial charge on any atom is -0.497 e. The molecule has 11 nitrogen and oxygen atoms in total. The third-order valence-corrected chi connectivity index (χ3v) is 5.95. The largest absolute Gasteiger partial charge is 0.513 e. The van der Waals surface area contributed by atoms with Crippen molar-refractivity contribution >= 4 is 30.3 Å². The van der Waals surface area contributed by atoms with E-state index in [1.54, 1.807) is 68.8 Å². The Hall–Kier alpha value is -5.19. The van der Waals surface area contributed by atoms with Gasteiger partial charge in [-0.2, -0.15) is 0 Å². The van der Waals surface area contributed by atoms with Crippen LogP contribution in [0.25, 0.3) is 12.2 Å². The third kappa shape index (κ3) is 11.6. The Morgan fingerprint density at radius 2 is 1.41 bits per heavy atom. The summed E-state index contributed by atoms with van der Waals surface area (Å²) in [5.74, 6) is 1.74. The van der Waals surface area contributed by atoms with Crippen molar-refractivity contribution in [2.75, 3.05) is 27.4 Å². The molecule has 0 bridgehead atoms. The Labute approximate surface area is 256 Å². The topological polar surface area (TPSA) is 142 Å². The van der Waals surface area contributed by atoms with Gasteiger partial charge in [0.1, 0.15) is 41.2 Å². The Morgan fingerprint density at radius 3 is 1.98 bits per heavy atom. The molecule has 3 aromatic rings. The Kier molecular flexibility index (Phi) is 12.0. The van der Waals surface area contributed by atoms with Crippen LogP contribution in [0.4, 0.5) is 9.59 Å². The van der Waals surface area contributed by atoms with Crippen molar-refractivity contribution in [2.45, 2.75) is 38.8 Å². The van der Waals surface area contributed by atoms with Crippen molar-refractivity contribution in [2.24, 2.45) is 0 Å². The second-order valence-corrected chi connectivity index (χ2v) is 10.6. The van der Waals surface area contributed by atoms with Gasteiger partial charge in [0.25, 0.3) is 0 Å². The number of hydrogen-bond donors (Lipinski definition) is 3. The number of carbonyl (C=O) groups is 3.